The van der Waals surface area contributed by atoms with Crippen molar-refractivity contribution < 1.29 is 9.90 Å². The molecule has 0 spiro atoms. The van der Waals surface area contributed by atoms with Crippen molar-refractivity contribution in [1.82, 2.24) is 0 Å². The van der Waals surface area contributed by atoms with Gasteiger partial charge in [-0.1, -0.05) is 44.2 Å². The fourth-order valence-corrected chi connectivity index (χ4v) is 3.81. The van der Waals surface area contributed by atoms with Crippen molar-refractivity contribution in [3.8, 4) is 0 Å². The van der Waals surface area contributed by atoms with Crippen molar-refractivity contribution in [2.24, 2.45) is 23.0 Å². The zero-order chi connectivity index (χ0) is 14.8. The summed E-state index contributed by atoms with van der Waals surface area (Å²) >= 11 is 0. The Hall–Kier alpha value is -1.35. The summed E-state index contributed by atoms with van der Waals surface area (Å²) in [6.07, 6.45) is 2.01. The van der Waals surface area contributed by atoms with E-state index in [2.05, 4.69) is 38.1 Å². The van der Waals surface area contributed by atoms with Gasteiger partial charge in [-0.3, -0.25) is 4.79 Å². The van der Waals surface area contributed by atoms with Crippen LogP contribution < -0.4 is 5.73 Å². The van der Waals surface area contributed by atoms with Gasteiger partial charge >= 0.3 is 5.97 Å². The van der Waals surface area contributed by atoms with E-state index in [0.29, 0.717) is 24.3 Å². The molecule has 2 rings (SSSR count). The molecule has 0 heterocycles. The second-order valence-corrected chi connectivity index (χ2v) is 6.61. The van der Waals surface area contributed by atoms with Crippen LogP contribution in [-0.4, -0.2) is 17.6 Å². The Labute approximate surface area is 121 Å². The Morgan fingerprint density at radius 1 is 1.35 bits per heavy atom. The smallest absolute Gasteiger partial charge is 0.303 e. The summed E-state index contributed by atoms with van der Waals surface area (Å²) in [6, 6.07) is 10.5. The topological polar surface area (TPSA) is 63.3 Å². The first-order valence-electron chi connectivity index (χ1n) is 7.44. The molecule has 3 heteroatoms. The van der Waals surface area contributed by atoms with Gasteiger partial charge in [-0.25, -0.2) is 0 Å². The van der Waals surface area contributed by atoms with E-state index in [4.69, 9.17) is 5.73 Å². The number of benzene rings is 1. The number of carbonyl (C=O) groups is 1. The van der Waals surface area contributed by atoms with Gasteiger partial charge in [0.15, 0.2) is 0 Å². The van der Waals surface area contributed by atoms with Gasteiger partial charge in [0.2, 0.25) is 0 Å². The first-order chi connectivity index (χ1) is 9.47. The van der Waals surface area contributed by atoms with Crippen molar-refractivity contribution in [2.75, 3.05) is 6.54 Å². The monoisotopic (exact) mass is 275 g/mol. The summed E-state index contributed by atoms with van der Waals surface area (Å²) in [7, 11) is 0. The fourth-order valence-electron chi connectivity index (χ4n) is 3.81. The first kappa shape index (κ1) is 15.0. The quantitative estimate of drug-likeness (QED) is 0.867. The first-order valence-corrected chi connectivity index (χ1v) is 7.44. The van der Waals surface area contributed by atoms with E-state index >= 15 is 0 Å². The number of aliphatic carboxylic acids is 1. The normalized spacial score (nSPS) is 29.8. The van der Waals surface area contributed by atoms with Gasteiger partial charge in [-0.05, 0) is 48.1 Å². The number of carboxylic acids is 1. The average molecular weight is 275 g/mol. The lowest BCUT2D eigenvalue weighted by Crippen LogP contribution is -2.31. The van der Waals surface area contributed by atoms with Gasteiger partial charge in [0.05, 0.1) is 6.42 Å². The highest BCUT2D eigenvalue weighted by Gasteiger charge is 2.46. The molecule has 0 amide bonds. The maximum atomic E-state index is 11.2. The number of hydrogen-bond donors (Lipinski definition) is 2. The highest BCUT2D eigenvalue weighted by Crippen LogP contribution is 2.54. The molecular weight excluding hydrogens is 250 g/mol. The number of nitrogens with two attached hydrogens (primary N) is 1. The summed E-state index contributed by atoms with van der Waals surface area (Å²) in [5.41, 5.74) is 7.05. The summed E-state index contributed by atoms with van der Waals surface area (Å²) < 4.78 is 0. The largest absolute Gasteiger partial charge is 0.481 e. The van der Waals surface area contributed by atoms with Gasteiger partial charge in [-0.2, -0.15) is 0 Å². The second kappa shape index (κ2) is 5.96. The van der Waals surface area contributed by atoms with E-state index in [0.717, 1.165) is 12.8 Å². The van der Waals surface area contributed by atoms with Crippen LogP contribution in [0, 0.1) is 17.3 Å². The molecule has 3 atom stereocenters. The third-order valence-corrected chi connectivity index (χ3v) is 4.88. The molecule has 0 unspecified atom stereocenters. The Kier molecular flexibility index (Phi) is 4.48. The SMILES string of the molecule is CC(C)[C@@H]1C[C@](CN)(CC(=O)O)C[C@H]1c1ccccc1. The van der Waals surface area contributed by atoms with Crippen molar-refractivity contribution in [1.29, 1.82) is 0 Å². The van der Waals surface area contributed by atoms with E-state index < -0.39 is 5.97 Å². The Bertz CT molecular complexity index is 457. The lowest BCUT2D eigenvalue weighted by atomic mass is 9.80. The molecule has 1 aliphatic carbocycles. The Morgan fingerprint density at radius 2 is 2.00 bits per heavy atom. The highest BCUT2D eigenvalue weighted by atomic mass is 16.4. The number of hydrogen-bond acceptors (Lipinski definition) is 2. The van der Waals surface area contributed by atoms with Crippen LogP contribution in [-0.2, 0) is 4.79 Å². The lowest BCUT2D eigenvalue weighted by Gasteiger charge is -2.26. The summed E-state index contributed by atoms with van der Waals surface area (Å²) in [5.74, 6) is 0.758. The summed E-state index contributed by atoms with van der Waals surface area (Å²) in [4.78, 5) is 11.2. The standard InChI is InChI=1S/C17H25NO2/c1-12(2)14-8-17(11-18,10-16(19)20)9-15(14)13-6-4-3-5-7-13/h3-7,12,14-15H,8-11,18H2,1-2H3,(H,19,20)/t14-,15-,17+/m0/s1. The Balaban J connectivity index is 2.29. The van der Waals surface area contributed by atoms with Crippen LogP contribution in [0.2, 0.25) is 0 Å². The van der Waals surface area contributed by atoms with Crippen LogP contribution in [0.3, 0.4) is 0 Å². The third kappa shape index (κ3) is 3.04. The molecule has 110 valence electrons. The summed E-state index contributed by atoms with van der Waals surface area (Å²) in [6.45, 7) is 4.92. The number of rotatable bonds is 5. The minimum atomic E-state index is -0.730. The van der Waals surface area contributed by atoms with E-state index in [1.54, 1.807) is 0 Å². The van der Waals surface area contributed by atoms with E-state index in [-0.39, 0.29) is 11.8 Å². The predicted molar refractivity (Wildman–Crippen MR) is 80.5 cm³/mol. The fraction of sp³-hybridized carbons (Fsp3) is 0.588. The van der Waals surface area contributed by atoms with Gasteiger partial charge < -0.3 is 10.8 Å². The summed E-state index contributed by atoms with van der Waals surface area (Å²) in [5, 5.41) is 9.20. The van der Waals surface area contributed by atoms with E-state index in [9.17, 15) is 9.90 Å². The van der Waals surface area contributed by atoms with Crippen molar-refractivity contribution in [2.45, 2.75) is 39.0 Å². The molecule has 20 heavy (non-hydrogen) atoms. The molecule has 3 N–H and O–H groups in total. The third-order valence-electron chi connectivity index (χ3n) is 4.88. The molecule has 3 nitrogen and oxygen atoms in total. The second-order valence-electron chi connectivity index (χ2n) is 6.61. The number of carboxylic acid groups (broad SMARTS) is 1. The highest BCUT2D eigenvalue weighted by molar-refractivity contribution is 5.68. The van der Waals surface area contributed by atoms with Crippen molar-refractivity contribution in [3.05, 3.63) is 35.9 Å². The molecule has 0 aliphatic heterocycles. The Morgan fingerprint density at radius 3 is 2.50 bits per heavy atom. The van der Waals surface area contributed by atoms with Crippen LogP contribution in [0.15, 0.2) is 30.3 Å². The molecule has 0 aromatic heterocycles. The molecule has 1 aliphatic rings. The van der Waals surface area contributed by atoms with E-state index in [1.165, 1.54) is 5.56 Å². The van der Waals surface area contributed by atoms with Crippen LogP contribution in [0.25, 0.3) is 0 Å². The molecule has 1 aromatic rings. The van der Waals surface area contributed by atoms with Crippen LogP contribution in [0.1, 0.15) is 44.6 Å². The lowest BCUT2D eigenvalue weighted by molar-refractivity contribution is -0.139. The van der Waals surface area contributed by atoms with Crippen LogP contribution in [0.5, 0.6) is 0 Å². The predicted octanol–water partition coefficient (Wildman–Crippen LogP) is 3.26. The minimum absolute atomic E-state index is 0.191. The van der Waals surface area contributed by atoms with Gasteiger partial charge in [0.1, 0.15) is 0 Å². The maximum Gasteiger partial charge on any atom is 0.303 e. The van der Waals surface area contributed by atoms with Crippen LogP contribution in [0.4, 0.5) is 0 Å². The molecule has 1 aromatic carbocycles. The zero-order valence-electron chi connectivity index (χ0n) is 12.4. The average Bonchev–Trinajstić information content (AvgIpc) is 2.79. The van der Waals surface area contributed by atoms with Crippen molar-refractivity contribution in [3.63, 3.8) is 0 Å². The van der Waals surface area contributed by atoms with Gasteiger partial charge in [0.25, 0.3) is 0 Å². The molecular formula is C17H25NO2. The van der Waals surface area contributed by atoms with Gasteiger partial charge in [0, 0.05) is 0 Å². The molecule has 0 saturated heterocycles. The molecule has 1 saturated carbocycles. The maximum absolute atomic E-state index is 11.2. The minimum Gasteiger partial charge on any atom is -0.481 e. The zero-order valence-corrected chi connectivity index (χ0v) is 12.4. The van der Waals surface area contributed by atoms with Gasteiger partial charge in [-0.15, -0.1) is 0 Å². The molecule has 0 bridgehead atoms. The molecule has 1 fully saturated rings. The van der Waals surface area contributed by atoms with Crippen LogP contribution >= 0.6 is 0 Å². The van der Waals surface area contributed by atoms with Crippen molar-refractivity contribution >= 4 is 5.97 Å². The van der Waals surface area contributed by atoms with E-state index in [1.807, 2.05) is 6.07 Å². The molecule has 0 radical (unpaired) electrons.